The van der Waals surface area contributed by atoms with Gasteiger partial charge < -0.3 is 4.23 Å². The summed E-state index contributed by atoms with van der Waals surface area (Å²) in [6.45, 7) is 9.53. The van der Waals surface area contributed by atoms with E-state index in [0.717, 1.165) is 6.04 Å². The summed E-state index contributed by atoms with van der Waals surface area (Å²) < 4.78 is 2.80. The Kier molecular flexibility index (Phi) is 4.73. The first-order chi connectivity index (χ1) is 4.09. The second-order valence-corrected chi connectivity index (χ2v) is 9.86. The fourth-order valence-corrected chi connectivity index (χ4v) is 14.9. The zero-order valence-electron chi connectivity index (χ0n) is 7.31. The molecular weight excluding hydrogens is 158 g/mol. The van der Waals surface area contributed by atoms with Gasteiger partial charge in [0.1, 0.15) is 0 Å². The van der Waals surface area contributed by atoms with E-state index in [9.17, 15) is 0 Å². The van der Waals surface area contributed by atoms with E-state index >= 15 is 0 Å². The van der Waals surface area contributed by atoms with Crippen LogP contribution in [0, 0.1) is 0 Å². The first-order valence-corrected chi connectivity index (χ1v) is 13.0. The maximum Gasteiger partial charge on any atom is 0.0978 e. The van der Waals surface area contributed by atoms with Crippen LogP contribution in [-0.4, -0.2) is 38.2 Å². The molecule has 0 aromatic carbocycles. The standard InChI is InChI=1S/C5H19NSi3/c1-5(2)6(8-7)9(3)4/h5,9H,8H2,1-4,7H3. The van der Waals surface area contributed by atoms with Crippen molar-refractivity contribution in [3.8, 4) is 0 Å². The molecule has 0 atom stereocenters. The number of hydrogen-bond donors (Lipinski definition) is 0. The highest BCUT2D eigenvalue weighted by Gasteiger charge is 2.10. The smallest absolute Gasteiger partial charge is 0.0978 e. The van der Waals surface area contributed by atoms with Crippen LogP contribution in [0.25, 0.3) is 0 Å². The Bertz CT molecular complexity index is 66.6. The molecule has 0 rings (SSSR count). The molecule has 0 aliphatic rings. The van der Waals surface area contributed by atoms with Crippen molar-refractivity contribution in [1.29, 1.82) is 0 Å². The summed E-state index contributed by atoms with van der Waals surface area (Å²) in [4.78, 5) is 0. The highest BCUT2D eigenvalue weighted by molar-refractivity contribution is 6.92. The lowest BCUT2D eigenvalue weighted by molar-refractivity contribution is 0.547. The minimum absolute atomic E-state index is 0.267. The van der Waals surface area contributed by atoms with Gasteiger partial charge in [-0.2, -0.15) is 0 Å². The van der Waals surface area contributed by atoms with E-state index in [4.69, 9.17) is 0 Å². The van der Waals surface area contributed by atoms with E-state index in [1.807, 2.05) is 0 Å². The van der Waals surface area contributed by atoms with Crippen LogP contribution in [0.5, 0.6) is 0 Å². The highest BCUT2D eigenvalue weighted by atomic mass is 29.1. The molecular formula is C5H19NSi3. The van der Waals surface area contributed by atoms with Gasteiger partial charge in [0.15, 0.2) is 0 Å². The van der Waals surface area contributed by atoms with E-state index in [1.54, 1.807) is 0 Å². The average Bonchev–Trinajstić information content (AvgIpc) is 1.64. The van der Waals surface area contributed by atoms with Crippen molar-refractivity contribution in [1.82, 2.24) is 4.23 Å². The molecule has 0 radical (unpaired) electrons. The molecule has 0 heterocycles. The maximum atomic E-state index is 2.80. The molecule has 0 aromatic rings. The molecule has 0 spiro atoms. The van der Waals surface area contributed by atoms with Crippen molar-refractivity contribution < 1.29 is 0 Å². The highest BCUT2D eigenvalue weighted by Crippen LogP contribution is 1.97. The molecule has 0 saturated heterocycles. The Labute approximate surface area is 65.6 Å². The summed E-state index contributed by atoms with van der Waals surface area (Å²) in [5.41, 5.74) is 0. The second kappa shape index (κ2) is 4.43. The first-order valence-electron chi connectivity index (χ1n) is 3.85. The van der Waals surface area contributed by atoms with Gasteiger partial charge in [0.05, 0.1) is 18.2 Å². The average molecular weight is 177 g/mol. The van der Waals surface area contributed by atoms with Gasteiger partial charge in [-0.3, -0.25) is 0 Å². The van der Waals surface area contributed by atoms with Gasteiger partial charge in [-0.1, -0.05) is 26.9 Å². The summed E-state index contributed by atoms with van der Waals surface area (Å²) >= 11 is 0. The molecule has 0 amide bonds. The number of hydrogen-bond acceptors (Lipinski definition) is 1. The second-order valence-electron chi connectivity index (χ2n) is 3.02. The molecule has 0 aliphatic heterocycles. The van der Waals surface area contributed by atoms with Crippen molar-refractivity contribution in [2.75, 3.05) is 0 Å². The van der Waals surface area contributed by atoms with E-state index in [-0.39, 0.29) is 9.20 Å². The van der Waals surface area contributed by atoms with Gasteiger partial charge in [0, 0.05) is 9.76 Å². The van der Waals surface area contributed by atoms with Crippen LogP contribution >= 0.6 is 0 Å². The Morgan fingerprint density at radius 2 is 1.89 bits per heavy atom. The van der Waals surface area contributed by atoms with Crippen molar-refractivity contribution in [3.05, 3.63) is 0 Å². The fraction of sp³-hybridized carbons (Fsp3) is 1.00. The zero-order chi connectivity index (χ0) is 7.44. The largest absolute Gasteiger partial charge is 0.353 e. The van der Waals surface area contributed by atoms with Crippen molar-refractivity contribution >= 4 is 27.9 Å². The maximum absolute atomic E-state index is 2.80. The first kappa shape index (κ1) is 9.61. The normalized spacial score (nSPS) is 13.7. The van der Waals surface area contributed by atoms with Gasteiger partial charge in [-0.15, -0.1) is 0 Å². The number of nitrogens with zero attached hydrogens (tertiary/aromatic N) is 1. The minimum atomic E-state index is -0.414. The van der Waals surface area contributed by atoms with Gasteiger partial charge in [-0.25, -0.2) is 0 Å². The molecule has 0 N–H and O–H groups in total. The van der Waals surface area contributed by atoms with Gasteiger partial charge in [0.2, 0.25) is 0 Å². The Hall–Kier alpha value is 0.611. The molecule has 0 bridgehead atoms. The van der Waals surface area contributed by atoms with Crippen LogP contribution < -0.4 is 0 Å². The van der Waals surface area contributed by atoms with E-state index in [2.05, 4.69) is 31.2 Å². The Balaban J connectivity index is 3.68. The molecule has 9 heavy (non-hydrogen) atoms. The van der Waals surface area contributed by atoms with Gasteiger partial charge >= 0.3 is 0 Å². The predicted molar refractivity (Wildman–Crippen MR) is 54.3 cm³/mol. The molecule has 56 valence electrons. The third-order valence-corrected chi connectivity index (χ3v) is 12.7. The Morgan fingerprint density at radius 3 is 1.89 bits per heavy atom. The lowest BCUT2D eigenvalue weighted by Gasteiger charge is -2.28. The van der Waals surface area contributed by atoms with Gasteiger partial charge in [0.25, 0.3) is 0 Å². The predicted octanol–water partition coefficient (Wildman–Crippen LogP) is -0.956. The lowest BCUT2D eigenvalue weighted by atomic mass is 10.4. The van der Waals surface area contributed by atoms with Crippen LogP contribution in [0.2, 0.25) is 13.1 Å². The van der Waals surface area contributed by atoms with Crippen molar-refractivity contribution in [2.24, 2.45) is 0 Å². The molecule has 0 fully saturated rings. The van der Waals surface area contributed by atoms with Crippen LogP contribution in [0.15, 0.2) is 0 Å². The van der Waals surface area contributed by atoms with Crippen LogP contribution in [-0.2, 0) is 0 Å². The van der Waals surface area contributed by atoms with Crippen LogP contribution in [0.4, 0.5) is 0 Å². The molecule has 1 nitrogen and oxygen atoms in total. The van der Waals surface area contributed by atoms with E-state index < -0.39 is 8.96 Å². The zero-order valence-corrected chi connectivity index (χ0v) is 11.9. The van der Waals surface area contributed by atoms with Crippen LogP contribution in [0.1, 0.15) is 13.8 Å². The van der Waals surface area contributed by atoms with E-state index in [1.165, 1.54) is 9.76 Å². The van der Waals surface area contributed by atoms with E-state index in [0.29, 0.717) is 0 Å². The molecule has 4 heteroatoms. The summed E-state index contributed by atoms with van der Waals surface area (Å²) in [5, 5.41) is 0. The molecule has 0 saturated carbocycles. The summed E-state index contributed by atoms with van der Waals surface area (Å²) in [5.74, 6) is 0. The minimum Gasteiger partial charge on any atom is -0.353 e. The van der Waals surface area contributed by atoms with Crippen molar-refractivity contribution in [3.63, 3.8) is 0 Å². The Morgan fingerprint density at radius 1 is 1.44 bits per heavy atom. The lowest BCUT2D eigenvalue weighted by Crippen LogP contribution is -2.43. The van der Waals surface area contributed by atoms with Crippen LogP contribution in [0.3, 0.4) is 0 Å². The molecule has 0 aliphatic carbocycles. The topological polar surface area (TPSA) is 3.24 Å². The summed E-state index contributed by atoms with van der Waals surface area (Å²) in [6, 6.07) is 0.848. The van der Waals surface area contributed by atoms with Gasteiger partial charge in [-0.05, 0) is 6.04 Å². The number of rotatable bonds is 3. The van der Waals surface area contributed by atoms with Crippen molar-refractivity contribution in [2.45, 2.75) is 33.0 Å². The third kappa shape index (κ3) is 3.34. The third-order valence-electron chi connectivity index (χ3n) is 1.69. The molecule has 0 unspecified atom stereocenters. The fourth-order valence-electron chi connectivity index (χ4n) is 1.33. The summed E-state index contributed by atoms with van der Waals surface area (Å²) in [6.07, 6.45) is 0. The SMILES string of the molecule is CC(C)N([SiH2][SiH3])[SiH](C)C. The molecule has 0 aromatic heterocycles. The summed E-state index contributed by atoms with van der Waals surface area (Å²) in [7, 11) is 1.32. The monoisotopic (exact) mass is 177 g/mol. The quantitative estimate of drug-likeness (QED) is 0.502.